The zero-order chi connectivity index (χ0) is 11.9. The van der Waals surface area contributed by atoms with Crippen molar-refractivity contribution >= 4 is 5.97 Å². The van der Waals surface area contributed by atoms with Crippen LogP contribution in [-0.4, -0.2) is 30.2 Å². The van der Waals surface area contributed by atoms with Gasteiger partial charge in [-0.1, -0.05) is 20.8 Å². The lowest BCUT2D eigenvalue weighted by Gasteiger charge is -2.18. The molecule has 0 saturated heterocycles. The third kappa shape index (κ3) is 9.69. The number of carboxylic acids is 1. The fourth-order valence-corrected chi connectivity index (χ4v) is 1.16. The molecule has 0 saturated carbocycles. The Kier molecular flexibility index (Phi) is 6.52. The van der Waals surface area contributed by atoms with Crippen LogP contribution < -0.4 is 11.1 Å². The molecule has 90 valence electrons. The molecule has 0 unspecified atom stereocenters. The highest BCUT2D eigenvalue weighted by Gasteiger charge is 2.11. The summed E-state index contributed by atoms with van der Waals surface area (Å²) in [5.74, 6) is -0.912. The molecule has 0 spiro atoms. The first kappa shape index (κ1) is 14.4. The molecule has 0 radical (unpaired) electrons. The van der Waals surface area contributed by atoms with E-state index >= 15 is 0 Å². The predicted molar refractivity (Wildman–Crippen MR) is 61.8 cm³/mol. The summed E-state index contributed by atoms with van der Waals surface area (Å²) in [6.07, 6.45) is 2.48. The first-order valence-corrected chi connectivity index (χ1v) is 5.52. The van der Waals surface area contributed by atoms with E-state index in [-0.39, 0.29) is 0 Å². The molecule has 4 heteroatoms. The molecule has 1 atom stereocenters. The third-order valence-electron chi connectivity index (χ3n) is 2.24. The minimum Gasteiger partial charge on any atom is -0.480 e. The van der Waals surface area contributed by atoms with E-state index in [1.807, 2.05) is 0 Å². The zero-order valence-electron chi connectivity index (χ0n) is 10.0. The average Bonchev–Trinajstić information content (AvgIpc) is 2.08. The Bertz CT molecular complexity index is 188. The van der Waals surface area contributed by atoms with E-state index in [9.17, 15) is 4.79 Å². The predicted octanol–water partition coefficient (Wildman–Crippen LogP) is 1.20. The van der Waals surface area contributed by atoms with Gasteiger partial charge in [0, 0.05) is 0 Å². The second kappa shape index (κ2) is 6.80. The second-order valence-electron chi connectivity index (χ2n) is 5.15. The van der Waals surface area contributed by atoms with Gasteiger partial charge in [0.1, 0.15) is 6.04 Å². The second-order valence-corrected chi connectivity index (χ2v) is 5.15. The number of nitrogens with one attached hydrogen (secondary N) is 1. The van der Waals surface area contributed by atoms with Gasteiger partial charge in [0.2, 0.25) is 0 Å². The van der Waals surface area contributed by atoms with Gasteiger partial charge >= 0.3 is 5.97 Å². The van der Waals surface area contributed by atoms with Crippen molar-refractivity contribution in [3.05, 3.63) is 0 Å². The van der Waals surface area contributed by atoms with Crippen LogP contribution in [0.1, 0.15) is 40.0 Å². The van der Waals surface area contributed by atoms with Crippen LogP contribution in [0.3, 0.4) is 0 Å². The molecular weight excluding hydrogens is 192 g/mol. The normalized spacial score (nSPS) is 13.9. The lowest BCUT2D eigenvalue weighted by atomic mass is 9.92. The van der Waals surface area contributed by atoms with Crippen LogP contribution in [0.15, 0.2) is 0 Å². The number of hydrogen-bond donors (Lipinski definition) is 3. The maximum atomic E-state index is 10.4. The van der Waals surface area contributed by atoms with Crippen molar-refractivity contribution in [1.29, 1.82) is 0 Å². The van der Waals surface area contributed by atoms with E-state index in [0.717, 1.165) is 25.9 Å². The van der Waals surface area contributed by atoms with Crippen molar-refractivity contribution in [1.82, 2.24) is 5.32 Å². The molecule has 0 aliphatic carbocycles. The minimum atomic E-state index is -0.912. The molecule has 0 rings (SSSR count). The maximum Gasteiger partial charge on any atom is 0.320 e. The largest absolute Gasteiger partial charge is 0.480 e. The highest BCUT2D eigenvalue weighted by molar-refractivity contribution is 5.72. The molecule has 0 bridgehead atoms. The summed E-state index contributed by atoms with van der Waals surface area (Å²) in [5.41, 5.74) is 5.72. The SMILES string of the molecule is CC(C)(C)CCNCCC[C@@H](N)C(=O)O. The van der Waals surface area contributed by atoms with E-state index in [0.29, 0.717) is 11.8 Å². The molecule has 0 fully saturated rings. The summed E-state index contributed by atoms with van der Waals surface area (Å²) in [4.78, 5) is 10.4. The maximum absolute atomic E-state index is 10.4. The van der Waals surface area contributed by atoms with Gasteiger partial charge in [0.25, 0.3) is 0 Å². The van der Waals surface area contributed by atoms with E-state index in [4.69, 9.17) is 10.8 Å². The van der Waals surface area contributed by atoms with Crippen molar-refractivity contribution in [2.75, 3.05) is 13.1 Å². The Labute approximate surface area is 92.2 Å². The van der Waals surface area contributed by atoms with Crippen LogP contribution in [0.4, 0.5) is 0 Å². The van der Waals surface area contributed by atoms with Gasteiger partial charge in [0.05, 0.1) is 0 Å². The number of aliphatic carboxylic acids is 1. The molecular formula is C11H24N2O2. The molecule has 0 amide bonds. The highest BCUT2D eigenvalue weighted by Crippen LogP contribution is 2.16. The van der Waals surface area contributed by atoms with Gasteiger partial charge in [-0.2, -0.15) is 0 Å². The van der Waals surface area contributed by atoms with Crippen molar-refractivity contribution < 1.29 is 9.90 Å². The van der Waals surface area contributed by atoms with Crippen LogP contribution >= 0.6 is 0 Å². The number of rotatable bonds is 7. The van der Waals surface area contributed by atoms with Crippen molar-refractivity contribution in [3.8, 4) is 0 Å². The minimum absolute atomic E-state index is 0.352. The van der Waals surface area contributed by atoms with Gasteiger partial charge in [0.15, 0.2) is 0 Å². The topological polar surface area (TPSA) is 75.3 Å². The quantitative estimate of drug-likeness (QED) is 0.559. The van der Waals surface area contributed by atoms with Crippen LogP contribution in [0.2, 0.25) is 0 Å². The summed E-state index contributed by atoms with van der Waals surface area (Å²) in [7, 11) is 0. The standard InChI is InChI=1S/C11H24N2O2/c1-11(2,3)6-8-13-7-4-5-9(12)10(14)15/h9,13H,4-8,12H2,1-3H3,(H,14,15)/t9-/m1/s1. The van der Waals surface area contributed by atoms with Gasteiger partial charge in [-0.05, 0) is 37.8 Å². The molecule has 4 nitrogen and oxygen atoms in total. The van der Waals surface area contributed by atoms with Gasteiger partial charge in [-0.15, -0.1) is 0 Å². The first-order valence-electron chi connectivity index (χ1n) is 5.52. The summed E-state index contributed by atoms with van der Waals surface area (Å²) in [6, 6.07) is -0.714. The van der Waals surface area contributed by atoms with E-state index < -0.39 is 12.0 Å². The Hall–Kier alpha value is -0.610. The molecule has 0 aliphatic rings. The lowest BCUT2D eigenvalue weighted by molar-refractivity contribution is -0.138. The summed E-state index contributed by atoms with van der Waals surface area (Å²) >= 11 is 0. The highest BCUT2D eigenvalue weighted by atomic mass is 16.4. The van der Waals surface area contributed by atoms with Crippen molar-refractivity contribution in [3.63, 3.8) is 0 Å². The van der Waals surface area contributed by atoms with Crippen LogP contribution in [0, 0.1) is 5.41 Å². The van der Waals surface area contributed by atoms with Crippen molar-refractivity contribution in [2.24, 2.45) is 11.1 Å². The van der Waals surface area contributed by atoms with Gasteiger partial charge in [-0.25, -0.2) is 0 Å². The molecule has 0 aliphatic heterocycles. The van der Waals surface area contributed by atoms with Gasteiger partial charge < -0.3 is 16.2 Å². The Morgan fingerprint density at radius 1 is 1.40 bits per heavy atom. The van der Waals surface area contributed by atoms with E-state index in [1.54, 1.807) is 0 Å². The Morgan fingerprint density at radius 2 is 2.00 bits per heavy atom. The first-order chi connectivity index (χ1) is 6.83. The summed E-state index contributed by atoms with van der Waals surface area (Å²) < 4.78 is 0. The monoisotopic (exact) mass is 216 g/mol. The number of carboxylic acid groups (broad SMARTS) is 1. The fourth-order valence-electron chi connectivity index (χ4n) is 1.16. The number of hydrogen-bond acceptors (Lipinski definition) is 3. The van der Waals surface area contributed by atoms with E-state index in [2.05, 4.69) is 26.1 Å². The Balaban J connectivity index is 3.29. The lowest BCUT2D eigenvalue weighted by Crippen LogP contribution is -2.31. The molecule has 0 aromatic carbocycles. The molecule has 4 N–H and O–H groups in total. The number of nitrogens with two attached hydrogens (primary N) is 1. The van der Waals surface area contributed by atoms with E-state index in [1.165, 1.54) is 0 Å². The molecule has 0 aromatic heterocycles. The molecule has 15 heavy (non-hydrogen) atoms. The van der Waals surface area contributed by atoms with Crippen LogP contribution in [-0.2, 0) is 4.79 Å². The fraction of sp³-hybridized carbons (Fsp3) is 0.909. The van der Waals surface area contributed by atoms with Gasteiger partial charge in [-0.3, -0.25) is 4.79 Å². The van der Waals surface area contributed by atoms with Crippen LogP contribution in [0.25, 0.3) is 0 Å². The summed E-state index contributed by atoms with van der Waals surface area (Å²) in [6.45, 7) is 8.43. The number of carbonyl (C=O) groups is 1. The smallest absolute Gasteiger partial charge is 0.320 e. The summed E-state index contributed by atoms with van der Waals surface area (Å²) in [5, 5.41) is 11.8. The van der Waals surface area contributed by atoms with Crippen molar-refractivity contribution in [2.45, 2.75) is 46.1 Å². The zero-order valence-corrected chi connectivity index (χ0v) is 10.0. The average molecular weight is 216 g/mol. The third-order valence-corrected chi connectivity index (χ3v) is 2.24. The molecule has 0 aromatic rings. The van der Waals surface area contributed by atoms with Crippen LogP contribution in [0.5, 0.6) is 0 Å². The Morgan fingerprint density at radius 3 is 2.47 bits per heavy atom. The molecule has 0 heterocycles.